The zero-order valence-electron chi connectivity index (χ0n) is 12.1. The van der Waals surface area contributed by atoms with Crippen LogP contribution in [0, 0.1) is 5.92 Å². The van der Waals surface area contributed by atoms with Crippen LogP contribution < -0.4 is 11.1 Å². The molecule has 2 atom stereocenters. The molecule has 1 aliphatic rings. The third kappa shape index (κ3) is 5.36. The van der Waals surface area contributed by atoms with E-state index in [2.05, 4.69) is 17.1 Å². The van der Waals surface area contributed by atoms with Gasteiger partial charge >= 0.3 is 0 Å². The van der Waals surface area contributed by atoms with Gasteiger partial charge in [-0.15, -0.1) is 0 Å². The number of rotatable bonds is 6. The van der Waals surface area contributed by atoms with E-state index in [9.17, 15) is 4.79 Å². The summed E-state index contributed by atoms with van der Waals surface area (Å²) in [5.74, 6) is 0.625. The molecule has 1 amide bonds. The van der Waals surface area contributed by atoms with Crippen molar-refractivity contribution in [3.05, 3.63) is 0 Å². The lowest BCUT2D eigenvalue weighted by atomic mass is 9.98. The number of amides is 1. The average molecular weight is 255 g/mol. The maximum atomic E-state index is 11.4. The third-order valence-corrected chi connectivity index (χ3v) is 3.84. The van der Waals surface area contributed by atoms with Gasteiger partial charge in [0.25, 0.3) is 0 Å². The van der Waals surface area contributed by atoms with Crippen LogP contribution in [0.1, 0.15) is 46.5 Å². The largest absolute Gasteiger partial charge is 0.368 e. The van der Waals surface area contributed by atoms with Crippen LogP contribution in [-0.2, 0) is 4.79 Å². The zero-order chi connectivity index (χ0) is 13.5. The highest BCUT2D eigenvalue weighted by molar-refractivity contribution is 5.80. The summed E-state index contributed by atoms with van der Waals surface area (Å²) in [6, 6.07) is 0.0704. The van der Waals surface area contributed by atoms with Crippen LogP contribution in [0.25, 0.3) is 0 Å². The van der Waals surface area contributed by atoms with Crippen molar-refractivity contribution in [2.75, 3.05) is 19.6 Å². The molecule has 1 heterocycles. The van der Waals surface area contributed by atoms with E-state index in [1.54, 1.807) is 0 Å². The first-order chi connectivity index (χ1) is 8.52. The molecule has 1 rings (SSSR count). The van der Waals surface area contributed by atoms with E-state index >= 15 is 0 Å². The molecule has 0 aliphatic carbocycles. The van der Waals surface area contributed by atoms with Gasteiger partial charge in [0.05, 0.1) is 6.04 Å². The summed E-state index contributed by atoms with van der Waals surface area (Å²) in [6.45, 7) is 9.32. The quantitative estimate of drug-likeness (QED) is 0.753. The molecule has 4 nitrogen and oxygen atoms in total. The summed E-state index contributed by atoms with van der Waals surface area (Å²) < 4.78 is 0. The molecule has 0 spiro atoms. The van der Waals surface area contributed by atoms with Crippen molar-refractivity contribution >= 4 is 5.91 Å². The Morgan fingerprint density at radius 3 is 2.67 bits per heavy atom. The van der Waals surface area contributed by atoms with E-state index in [0.29, 0.717) is 0 Å². The molecule has 106 valence electrons. The van der Waals surface area contributed by atoms with E-state index < -0.39 is 0 Å². The molecular weight excluding hydrogens is 226 g/mol. The first-order valence-electron chi connectivity index (χ1n) is 7.30. The fraction of sp³-hybridized carbons (Fsp3) is 0.929. The molecule has 18 heavy (non-hydrogen) atoms. The smallest absolute Gasteiger partial charge is 0.235 e. The van der Waals surface area contributed by atoms with Crippen LogP contribution in [0.2, 0.25) is 0 Å². The molecular formula is C14H29N3O. The van der Waals surface area contributed by atoms with E-state index in [1.165, 1.54) is 25.7 Å². The second-order valence-electron chi connectivity index (χ2n) is 5.78. The Morgan fingerprint density at radius 2 is 2.11 bits per heavy atom. The number of carbonyl (C=O) groups excluding carboxylic acids is 1. The summed E-state index contributed by atoms with van der Waals surface area (Å²) >= 11 is 0. The number of nitrogens with zero attached hydrogens (tertiary/aromatic N) is 1. The van der Waals surface area contributed by atoms with Crippen molar-refractivity contribution < 1.29 is 4.79 Å². The Morgan fingerprint density at radius 1 is 1.39 bits per heavy atom. The number of hydrogen-bond acceptors (Lipinski definition) is 3. The molecule has 0 aromatic heterocycles. The molecule has 0 aromatic rings. The molecule has 0 aromatic carbocycles. The lowest BCUT2D eigenvalue weighted by Gasteiger charge is -2.26. The minimum atomic E-state index is -0.236. The highest BCUT2D eigenvalue weighted by atomic mass is 16.1. The lowest BCUT2D eigenvalue weighted by molar-refractivity contribution is -0.120. The van der Waals surface area contributed by atoms with E-state index in [-0.39, 0.29) is 18.0 Å². The highest BCUT2D eigenvalue weighted by Gasteiger charge is 2.22. The van der Waals surface area contributed by atoms with Gasteiger partial charge in [-0.25, -0.2) is 0 Å². The van der Waals surface area contributed by atoms with Crippen molar-refractivity contribution in [1.82, 2.24) is 10.2 Å². The molecule has 0 bridgehead atoms. The van der Waals surface area contributed by atoms with Gasteiger partial charge in [-0.3, -0.25) is 4.79 Å². The molecule has 0 saturated carbocycles. The van der Waals surface area contributed by atoms with Crippen LogP contribution in [0.3, 0.4) is 0 Å². The molecule has 1 fully saturated rings. The van der Waals surface area contributed by atoms with Crippen molar-refractivity contribution in [2.24, 2.45) is 11.7 Å². The summed E-state index contributed by atoms with van der Waals surface area (Å²) in [5.41, 5.74) is 5.47. The van der Waals surface area contributed by atoms with Crippen molar-refractivity contribution in [2.45, 2.75) is 58.5 Å². The predicted octanol–water partition coefficient (Wildman–Crippen LogP) is 1.35. The lowest BCUT2D eigenvalue weighted by Crippen LogP contribution is -2.51. The van der Waals surface area contributed by atoms with E-state index in [4.69, 9.17) is 5.73 Å². The Bertz CT molecular complexity index is 255. The summed E-state index contributed by atoms with van der Waals surface area (Å²) in [7, 11) is 0. The fourth-order valence-corrected chi connectivity index (χ4v) is 2.70. The molecule has 2 unspecified atom stereocenters. The number of likely N-dealkylation sites (tertiary alicyclic amines) is 1. The molecule has 3 N–H and O–H groups in total. The maximum Gasteiger partial charge on any atom is 0.235 e. The predicted molar refractivity (Wildman–Crippen MR) is 75.3 cm³/mol. The first-order valence-corrected chi connectivity index (χ1v) is 7.30. The standard InChI is InChI=1S/C14H29N3O/c1-4-12-6-5-8-17(9-7-12)10-13(14(15)18)16-11(2)3/h11-13,16H,4-10H2,1-3H3,(H2,15,18). The molecule has 4 heteroatoms. The van der Waals surface area contributed by atoms with E-state index in [0.717, 1.165) is 25.6 Å². The van der Waals surface area contributed by atoms with Crippen LogP contribution in [0.4, 0.5) is 0 Å². The normalized spacial score (nSPS) is 23.9. The van der Waals surface area contributed by atoms with Crippen molar-refractivity contribution in [1.29, 1.82) is 0 Å². The first kappa shape index (κ1) is 15.4. The molecule has 0 radical (unpaired) electrons. The van der Waals surface area contributed by atoms with Crippen LogP contribution >= 0.6 is 0 Å². The summed E-state index contributed by atoms with van der Waals surface area (Å²) in [4.78, 5) is 13.8. The maximum absolute atomic E-state index is 11.4. The fourth-order valence-electron chi connectivity index (χ4n) is 2.70. The van der Waals surface area contributed by atoms with Gasteiger partial charge < -0.3 is 16.0 Å². The van der Waals surface area contributed by atoms with Gasteiger partial charge in [0.1, 0.15) is 0 Å². The number of nitrogens with one attached hydrogen (secondary N) is 1. The number of primary amides is 1. The van der Waals surface area contributed by atoms with Gasteiger partial charge in [0.2, 0.25) is 5.91 Å². The van der Waals surface area contributed by atoms with Gasteiger partial charge in [0, 0.05) is 12.6 Å². The third-order valence-electron chi connectivity index (χ3n) is 3.84. The minimum Gasteiger partial charge on any atom is -0.368 e. The van der Waals surface area contributed by atoms with Crippen LogP contribution in [0.5, 0.6) is 0 Å². The Hall–Kier alpha value is -0.610. The Kier molecular flexibility index (Phi) is 6.65. The van der Waals surface area contributed by atoms with Crippen molar-refractivity contribution in [3.63, 3.8) is 0 Å². The van der Waals surface area contributed by atoms with E-state index in [1.807, 2.05) is 13.8 Å². The Labute approximate surface area is 111 Å². The number of carbonyl (C=O) groups is 1. The Balaban J connectivity index is 2.45. The van der Waals surface area contributed by atoms with Gasteiger partial charge in [0.15, 0.2) is 0 Å². The van der Waals surface area contributed by atoms with Gasteiger partial charge in [-0.05, 0) is 38.3 Å². The second-order valence-corrected chi connectivity index (χ2v) is 5.78. The average Bonchev–Trinajstić information content (AvgIpc) is 2.52. The van der Waals surface area contributed by atoms with Crippen molar-refractivity contribution in [3.8, 4) is 0 Å². The topological polar surface area (TPSA) is 58.4 Å². The van der Waals surface area contributed by atoms with Crippen LogP contribution in [0.15, 0.2) is 0 Å². The zero-order valence-corrected chi connectivity index (χ0v) is 12.1. The second kappa shape index (κ2) is 7.74. The SMILES string of the molecule is CCC1CCCN(CC(NC(C)C)C(N)=O)CC1. The number of nitrogens with two attached hydrogens (primary N) is 1. The highest BCUT2D eigenvalue weighted by Crippen LogP contribution is 2.20. The van der Waals surface area contributed by atoms with Gasteiger partial charge in [-0.1, -0.05) is 27.2 Å². The van der Waals surface area contributed by atoms with Crippen LogP contribution in [-0.4, -0.2) is 42.5 Å². The number of hydrogen-bond donors (Lipinski definition) is 2. The molecule has 1 saturated heterocycles. The monoisotopic (exact) mass is 255 g/mol. The summed E-state index contributed by atoms with van der Waals surface area (Å²) in [6.07, 6.45) is 5.10. The van der Waals surface area contributed by atoms with Gasteiger partial charge in [-0.2, -0.15) is 0 Å². The minimum absolute atomic E-state index is 0.219. The molecule has 1 aliphatic heterocycles. The summed E-state index contributed by atoms with van der Waals surface area (Å²) in [5, 5.41) is 3.26.